The van der Waals surface area contributed by atoms with Crippen molar-refractivity contribution in [2.45, 2.75) is 32.4 Å². The Morgan fingerprint density at radius 2 is 1.79 bits per heavy atom. The van der Waals surface area contributed by atoms with Gasteiger partial charge in [-0.2, -0.15) is 0 Å². The summed E-state index contributed by atoms with van der Waals surface area (Å²) in [5.41, 5.74) is 1.29. The molecule has 0 heterocycles. The first-order chi connectivity index (χ1) is 11.5. The SMILES string of the molecule is CC(C)OC(=O)CC(NC(=O)c1cccc(Cl)c1)c1ccccc1. The summed E-state index contributed by atoms with van der Waals surface area (Å²) >= 11 is 5.93. The van der Waals surface area contributed by atoms with E-state index in [2.05, 4.69) is 5.32 Å². The molecule has 126 valence electrons. The van der Waals surface area contributed by atoms with Crippen molar-refractivity contribution in [1.29, 1.82) is 0 Å². The van der Waals surface area contributed by atoms with Gasteiger partial charge < -0.3 is 10.1 Å². The normalized spacial score (nSPS) is 11.8. The van der Waals surface area contributed by atoms with Crippen LogP contribution in [0, 0.1) is 0 Å². The highest BCUT2D eigenvalue weighted by Gasteiger charge is 2.20. The van der Waals surface area contributed by atoms with Crippen LogP contribution in [-0.2, 0) is 9.53 Å². The molecule has 5 heteroatoms. The lowest BCUT2D eigenvalue weighted by Gasteiger charge is -2.19. The lowest BCUT2D eigenvalue weighted by molar-refractivity contribution is -0.147. The second kappa shape index (κ2) is 8.50. The fraction of sp³-hybridized carbons (Fsp3) is 0.263. The maximum atomic E-state index is 12.5. The predicted molar refractivity (Wildman–Crippen MR) is 93.9 cm³/mol. The van der Waals surface area contributed by atoms with Crippen molar-refractivity contribution in [3.63, 3.8) is 0 Å². The van der Waals surface area contributed by atoms with Crippen molar-refractivity contribution in [2.24, 2.45) is 0 Å². The Bertz CT molecular complexity index is 701. The van der Waals surface area contributed by atoms with Gasteiger partial charge in [0.2, 0.25) is 0 Å². The summed E-state index contributed by atoms with van der Waals surface area (Å²) in [6, 6.07) is 15.5. The zero-order valence-electron chi connectivity index (χ0n) is 13.7. The molecule has 2 aromatic rings. The average Bonchev–Trinajstić information content (AvgIpc) is 2.54. The third kappa shape index (κ3) is 5.39. The first kappa shape index (κ1) is 18.0. The van der Waals surface area contributed by atoms with Crippen LogP contribution in [0.25, 0.3) is 0 Å². The molecule has 0 aliphatic heterocycles. The molecule has 0 saturated carbocycles. The zero-order valence-corrected chi connectivity index (χ0v) is 14.4. The van der Waals surface area contributed by atoms with Gasteiger partial charge in [-0.1, -0.05) is 48.0 Å². The summed E-state index contributed by atoms with van der Waals surface area (Å²) in [5.74, 6) is -0.644. The van der Waals surface area contributed by atoms with E-state index in [9.17, 15) is 9.59 Å². The van der Waals surface area contributed by atoms with Crippen LogP contribution in [0.3, 0.4) is 0 Å². The third-order valence-electron chi connectivity index (χ3n) is 3.33. The number of carbonyl (C=O) groups is 2. The first-order valence-corrected chi connectivity index (χ1v) is 8.14. The Labute approximate surface area is 146 Å². The summed E-state index contributed by atoms with van der Waals surface area (Å²) in [7, 11) is 0. The number of amides is 1. The summed E-state index contributed by atoms with van der Waals surface area (Å²) < 4.78 is 5.20. The van der Waals surface area contributed by atoms with Gasteiger partial charge in [-0.3, -0.25) is 9.59 Å². The van der Waals surface area contributed by atoms with Crippen molar-refractivity contribution in [3.05, 3.63) is 70.7 Å². The van der Waals surface area contributed by atoms with Crippen LogP contribution in [0.2, 0.25) is 5.02 Å². The van der Waals surface area contributed by atoms with Crippen LogP contribution in [0.15, 0.2) is 54.6 Å². The molecule has 4 nitrogen and oxygen atoms in total. The van der Waals surface area contributed by atoms with Crippen LogP contribution in [-0.4, -0.2) is 18.0 Å². The van der Waals surface area contributed by atoms with Crippen LogP contribution in [0.1, 0.15) is 42.2 Å². The van der Waals surface area contributed by atoms with E-state index in [-0.39, 0.29) is 24.4 Å². The van der Waals surface area contributed by atoms with Crippen LogP contribution < -0.4 is 5.32 Å². The Hall–Kier alpha value is -2.33. The standard InChI is InChI=1S/C19H20ClNO3/c1-13(2)24-18(22)12-17(14-7-4-3-5-8-14)21-19(23)15-9-6-10-16(20)11-15/h3-11,13,17H,12H2,1-2H3,(H,21,23). The molecule has 0 aliphatic rings. The Balaban J connectivity index is 2.16. The second-order valence-electron chi connectivity index (χ2n) is 5.69. The minimum absolute atomic E-state index is 0.0640. The van der Waals surface area contributed by atoms with Crippen molar-refractivity contribution in [1.82, 2.24) is 5.32 Å². The van der Waals surface area contributed by atoms with E-state index in [1.165, 1.54) is 0 Å². The van der Waals surface area contributed by atoms with Gasteiger partial charge in [-0.25, -0.2) is 0 Å². The number of nitrogens with one attached hydrogen (secondary N) is 1. The number of halogens is 1. The number of benzene rings is 2. The van der Waals surface area contributed by atoms with Crippen molar-refractivity contribution in [2.75, 3.05) is 0 Å². The molecule has 1 amide bonds. The summed E-state index contributed by atoms with van der Waals surface area (Å²) in [4.78, 5) is 24.5. The van der Waals surface area contributed by atoms with Crippen LogP contribution in [0.4, 0.5) is 0 Å². The zero-order chi connectivity index (χ0) is 17.5. The maximum absolute atomic E-state index is 12.5. The maximum Gasteiger partial charge on any atom is 0.308 e. The molecular weight excluding hydrogens is 326 g/mol. The molecule has 2 rings (SSSR count). The van der Waals surface area contributed by atoms with Gasteiger partial charge in [-0.05, 0) is 37.6 Å². The van der Waals surface area contributed by atoms with Gasteiger partial charge in [0, 0.05) is 10.6 Å². The number of esters is 1. The number of hydrogen-bond donors (Lipinski definition) is 1. The van der Waals surface area contributed by atoms with Crippen molar-refractivity contribution < 1.29 is 14.3 Å². The number of hydrogen-bond acceptors (Lipinski definition) is 3. The summed E-state index contributed by atoms with van der Waals surface area (Å²) in [6.45, 7) is 3.58. The number of rotatable bonds is 6. The van der Waals surface area contributed by atoms with E-state index in [1.807, 2.05) is 30.3 Å². The molecule has 0 fully saturated rings. The molecule has 0 spiro atoms. The average molecular weight is 346 g/mol. The van der Waals surface area contributed by atoms with E-state index >= 15 is 0 Å². The van der Waals surface area contributed by atoms with Gasteiger partial charge in [0.25, 0.3) is 5.91 Å². The fourth-order valence-corrected chi connectivity index (χ4v) is 2.48. The highest BCUT2D eigenvalue weighted by Crippen LogP contribution is 2.19. The second-order valence-corrected chi connectivity index (χ2v) is 6.13. The summed E-state index contributed by atoms with van der Waals surface area (Å²) in [6.07, 6.45) is -0.133. The minimum Gasteiger partial charge on any atom is -0.463 e. The van der Waals surface area contributed by atoms with Gasteiger partial charge in [-0.15, -0.1) is 0 Å². The fourth-order valence-electron chi connectivity index (χ4n) is 2.29. The smallest absolute Gasteiger partial charge is 0.308 e. The Morgan fingerprint density at radius 3 is 2.42 bits per heavy atom. The minimum atomic E-state index is -0.469. The Kier molecular flexibility index (Phi) is 6.38. The van der Waals surface area contributed by atoms with E-state index < -0.39 is 6.04 Å². The summed E-state index contributed by atoms with van der Waals surface area (Å²) in [5, 5.41) is 3.37. The largest absolute Gasteiger partial charge is 0.463 e. The van der Waals surface area contributed by atoms with Crippen molar-refractivity contribution in [3.8, 4) is 0 Å². The quantitative estimate of drug-likeness (QED) is 0.800. The van der Waals surface area contributed by atoms with Gasteiger partial charge in [0.1, 0.15) is 0 Å². The molecule has 0 aromatic heterocycles. The molecule has 24 heavy (non-hydrogen) atoms. The van der Waals surface area contributed by atoms with Crippen molar-refractivity contribution >= 4 is 23.5 Å². The highest BCUT2D eigenvalue weighted by molar-refractivity contribution is 6.30. The predicted octanol–water partition coefficient (Wildman–Crippen LogP) is 4.15. The third-order valence-corrected chi connectivity index (χ3v) is 3.57. The van der Waals surface area contributed by atoms with E-state index in [0.717, 1.165) is 5.56 Å². The lowest BCUT2D eigenvalue weighted by Crippen LogP contribution is -2.31. The molecule has 1 atom stereocenters. The van der Waals surface area contributed by atoms with E-state index in [0.29, 0.717) is 10.6 Å². The van der Waals surface area contributed by atoms with Gasteiger partial charge >= 0.3 is 5.97 Å². The molecule has 0 saturated heterocycles. The molecule has 0 aliphatic carbocycles. The number of carbonyl (C=O) groups excluding carboxylic acids is 2. The monoisotopic (exact) mass is 345 g/mol. The molecule has 0 bridgehead atoms. The van der Waals surface area contributed by atoms with Crippen LogP contribution in [0.5, 0.6) is 0 Å². The lowest BCUT2D eigenvalue weighted by atomic mass is 10.0. The van der Waals surface area contributed by atoms with Gasteiger partial charge in [0.05, 0.1) is 18.6 Å². The molecule has 1 N–H and O–H groups in total. The topological polar surface area (TPSA) is 55.4 Å². The first-order valence-electron chi connectivity index (χ1n) is 7.76. The number of ether oxygens (including phenoxy) is 1. The molecule has 0 radical (unpaired) electrons. The Morgan fingerprint density at radius 1 is 1.08 bits per heavy atom. The van der Waals surface area contributed by atoms with E-state index in [1.54, 1.807) is 38.1 Å². The van der Waals surface area contributed by atoms with Gasteiger partial charge in [0.15, 0.2) is 0 Å². The molecular formula is C19H20ClNO3. The molecule has 2 aromatic carbocycles. The molecule has 1 unspecified atom stereocenters. The highest BCUT2D eigenvalue weighted by atomic mass is 35.5. The van der Waals surface area contributed by atoms with Crippen LogP contribution >= 0.6 is 11.6 Å². The van der Waals surface area contributed by atoms with E-state index in [4.69, 9.17) is 16.3 Å².